The van der Waals surface area contributed by atoms with Crippen LogP contribution in [0, 0.1) is 11.8 Å². The average Bonchev–Trinajstić information content (AvgIpc) is 3.54. The van der Waals surface area contributed by atoms with Crippen molar-refractivity contribution < 1.29 is 23.4 Å². The predicted molar refractivity (Wildman–Crippen MR) is 145 cm³/mol. The van der Waals surface area contributed by atoms with Crippen LogP contribution in [-0.4, -0.2) is 71.5 Å². The summed E-state index contributed by atoms with van der Waals surface area (Å²) in [6, 6.07) is 4.17. The molecule has 4 aromatic rings. The highest BCUT2D eigenvalue weighted by atomic mass is 35.5. The molecular weight excluding hydrogens is 547 g/mol. The second kappa shape index (κ2) is 10.2. The number of aromatic amines is 1. The third kappa shape index (κ3) is 4.91. The third-order valence-electron chi connectivity index (χ3n) is 8.74. The fourth-order valence-corrected chi connectivity index (χ4v) is 6.66. The van der Waals surface area contributed by atoms with Crippen molar-refractivity contribution in [2.75, 3.05) is 19.3 Å². The van der Waals surface area contributed by atoms with Crippen molar-refractivity contribution in [2.24, 2.45) is 11.8 Å². The van der Waals surface area contributed by atoms with Crippen LogP contribution in [0.4, 0.5) is 19.0 Å². The van der Waals surface area contributed by atoms with Gasteiger partial charge in [0.15, 0.2) is 0 Å². The Morgan fingerprint density at radius 3 is 2.70 bits per heavy atom. The lowest BCUT2D eigenvalue weighted by Gasteiger charge is -2.42. The van der Waals surface area contributed by atoms with Crippen molar-refractivity contribution in [3.05, 3.63) is 47.1 Å². The SMILES string of the molecule is CN(C[C@H]1C[C@@H](n2ccc3c(N)ncnc32)[C@H](O)[C@@H]1O)[C@H]1C[C@H](CCc2nc3cc(C(F)(F)F)c(Cl)cc3[nH]2)C1. The largest absolute Gasteiger partial charge is 0.417 e. The van der Waals surface area contributed by atoms with Gasteiger partial charge in [0.1, 0.15) is 29.7 Å². The van der Waals surface area contributed by atoms with Crippen LogP contribution in [0.5, 0.6) is 0 Å². The first-order valence-corrected chi connectivity index (χ1v) is 13.8. The summed E-state index contributed by atoms with van der Waals surface area (Å²) < 4.78 is 41.3. The molecule has 2 fully saturated rings. The van der Waals surface area contributed by atoms with E-state index >= 15 is 0 Å². The Hall–Kier alpha value is -2.93. The molecule has 40 heavy (non-hydrogen) atoms. The van der Waals surface area contributed by atoms with Gasteiger partial charge in [-0.1, -0.05) is 11.6 Å². The van der Waals surface area contributed by atoms with Gasteiger partial charge < -0.3 is 30.4 Å². The molecule has 2 aliphatic rings. The minimum atomic E-state index is -4.52. The van der Waals surface area contributed by atoms with Crippen LogP contribution < -0.4 is 5.73 Å². The lowest BCUT2D eigenvalue weighted by molar-refractivity contribution is -0.137. The Balaban J connectivity index is 1.02. The number of aromatic nitrogens is 5. The summed E-state index contributed by atoms with van der Waals surface area (Å²) in [5.41, 5.74) is 6.48. The quantitative estimate of drug-likeness (QED) is 0.259. The van der Waals surface area contributed by atoms with Gasteiger partial charge in [-0.25, -0.2) is 15.0 Å². The summed E-state index contributed by atoms with van der Waals surface area (Å²) in [5.74, 6) is 1.43. The minimum absolute atomic E-state index is 0.0929. The maximum Gasteiger partial charge on any atom is 0.417 e. The molecule has 3 heterocycles. The zero-order valence-electron chi connectivity index (χ0n) is 21.8. The lowest BCUT2D eigenvalue weighted by atomic mass is 9.76. The molecule has 4 atom stereocenters. The molecule has 214 valence electrons. The lowest BCUT2D eigenvalue weighted by Crippen LogP contribution is -2.46. The second-order valence-corrected chi connectivity index (χ2v) is 11.7. The van der Waals surface area contributed by atoms with E-state index in [9.17, 15) is 23.4 Å². The van der Waals surface area contributed by atoms with Gasteiger partial charge in [-0.05, 0) is 56.8 Å². The van der Waals surface area contributed by atoms with E-state index in [0.717, 1.165) is 30.7 Å². The first-order valence-electron chi connectivity index (χ1n) is 13.4. The van der Waals surface area contributed by atoms with Crippen molar-refractivity contribution in [3.63, 3.8) is 0 Å². The summed E-state index contributed by atoms with van der Waals surface area (Å²) in [4.78, 5) is 18.1. The van der Waals surface area contributed by atoms with Gasteiger partial charge in [-0.3, -0.25) is 0 Å². The molecule has 5 N–H and O–H groups in total. The zero-order chi connectivity index (χ0) is 28.3. The maximum absolute atomic E-state index is 13.2. The summed E-state index contributed by atoms with van der Waals surface area (Å²) >= 11 is 5.83. The molecule has 0 saturated heterocycles. The Kier molecular flexibility index (Phi) is 6.92. The number of halogens is 4. The number of anilines is 1. The number of nitrogens with two attached hydrogens (primary N) is 1. The van der Waals surface area contributed by atoms with Gasteiger partial charge in [0.25, 0.3) is 0 Å². The van der Waals surface area contributed by atoms with Gasteiger partial charge in [-0.2, -0.15) is 13.2 Å². The normalized spacial score (nSPS) is 27.2. The molecular formula is C27H31ClF3N7O2. The van der Waals surface area contributed by atoms with E-state index in [-0.39, 0.29) is 22.5 Å². The number of nitrogens with zero attached hydrogens (tertiary/aromatic N) is 5. The van der Waals surface area contributed by atoms with Crippen LogP contribution >= 0.6 is 11.6 Å². The van der Waals surface area contributed by atoms with Crippen LogP contribution in [0.2, 0.25) is 5.02 Å². The van der Waals surface area contributed by atoms with Crippen molar-refractivity contribution in [1.29, 1.82) is 0 Å². The molecule has 9 nitrogen and oxygen atoms in total. The van der Waals surface area contributed by atoms with E-state index in [1.54, 1.807) is 0 Å². The van der Waals surface area contributed by atoms with E-state index in [0.29, 0.717) is 54.2 Å². The molecule has 6 rings (SSSR count). The summed E-state index contributed by atoms with van der Waals surface area (Å²) in [6.07, 6.45) is 1.08. The molecule has 1 aromatic carbocycles. The van der Waals surface area contributed by atoms with Gasteiger partial charge in [-0.15, -0.1) is 0 Å². The molecule has 13 heteroatoms. The van der Waals surface area contributed by atoms with E-state index in [2.05, 4.69) is 24.8 Å². The molecule has 3 aromatic heterocycles. The van der Waals surface area contributed by atoms with E-state index in [1.165, 1.54) is 12.4 Å². The molecule has 0 radical (unpaired) electrons. The summed E-state index contributed by atoms with van der Waals surface area (Å²) in [5, 5.41) is 22.1. The number of nitrogens with one attached hydrogen (secondary N) is 1. The highest BCUT2D eigenvalue weighted by Crippen LogP contribution is 2.41. The van der Waals surface area contributed by atoms with E-state index < -0.39 is 23.9 Å². The zero-order valence-corrected chi connectivity index (χ0v) is 22.6. The number of nitrogen functional groups attached to an aromatic ring is 1. The highest BCUT2D eigenvalue weighted by Gasteiger charge is 2.44. The number of H-pyrrole nitrogens is 1. The smallest absolute Gasteiger partial charge is 0.390 e. The number of aryl methyl sites for hydroxylation is 1. The van der Waals surface area contributed by atoms with Crippen molar-refractivity contribution in [2.45, 2.75) is 62.6 Å². The predicted octanol–water partition coefficient (Wildman–Crippen LogP) is 4.19. The standard InChI is InChI=1S/C27H31ClF3N7O2/c1-37(11-14-8-21(24(40)23(14)39)38-5-4-16-25(32)33-12-34-26(16)38)15-6-13(7-15)2-3-22-35-19-9-17(27(29,30)31)18(28)10-20(19)36-22/h4-5,9-10,12-15,21,23-24,39-40H,2-3,6-8,11H2,1H3,(H,35,36)(H2,32,33,34)/t13-,14-,15-,21-,23-,24+/m1/s1. The monoisotopic (exact) mass is 577 g/mol. The molecule has 0 amide bonds. The topological polar surface area (TPSA) is 129 Å². The van der Waals surface area contributed by atoms with Crippen LogP contribution in [-0.2, 0) is 12.6 Å². The first kappa shape index (κ1) is 27.3. The molecule has 0 bridgehead atoms. The van der Waals surface area contributed by atoms with Crippen molar-refractivity contribution in [1.82, 2.24) is 29.4 Å². The van der Waals surface area contributed by atoms with Crippen molar-refractivity contribution in [3.8, 4) is 0 Å². The fourth-order valence-electron chi connectivity index (χ4n) is 6.39. The number of rotatable bonds is 7. The van der Waals surface area contributed by atoms with Gasteiger partial charge >= 0.3 is 6.18 Å². The number of hydrogen-bond donors (Lipinski definition) is 4. The van der Waals surface area contributed by atoms with Crippen LogP contribution in [0.3, 0.4) is 0 Å². The number of aliphatic hydroxyl groups is 2. The third-order valence-corrected chi connectivity index (χ3v) is 9.05. The highest BCUT2D eigenvalue weighted by molar-refractivity contribution is 6.32. The Labute approximate surface area is 233 Å². The van der Waals surface area contributed by atoms with Gasteiger partial charge in [0, 0.05) is 31.1 Å². The number of aliphatic hydroxyl groups excluding tert-OH is 2. The number of hydrogen-bond acceptors (Lipinski definition) is 7. The van der Waals surface area contributed by atoms with Gasteiger partial charge in [0.05, 0.1) is 39.2 Å². The second-order valence-electron chi connectivity index (χ2n) is 11.3. The van der Waals surface area contributed by atoms with Crippen molar-refractivity contribution >= 4 is 39.5 Å². The molecule has 2 aliphatic carbocycles. The van der Waals surface area contributed by atoms with E-state index in [1.807, 2.05) is 23.9 Å². The number of fused-ring (bicyclic) bond motifs is 2. The Bertz CT molecular complexity index is 1530. The summed E-state index contributed by atoms with van der Waals surface area (Å²) in [7, 11) is 2.05. The average molecular weight is 578 g/mol. The fraction of sp³-hybridized carbons (Fsp3) is 0.519. The number of alkyl halides is 3. The molecule has 0 spiro atoms. The Morgan fingerprint density at radius 1 is 1.18 bits per heavy atom. The summed E-state index contributed by atoms with van der Waals surface area (Å²) in [6.45, 7) is 0.661. The minimum Gasteiger partial charge on any atom is -0.390 e. The van der Waals surface area contributed by atoms with Gasteiger partial charge in [0.2, 0.25) is 0 Å². The maximum atomic E-state index is 13.2. The van der Waals surface area contributed by atoms with Crippen LogP contribution in [0.1, 0.15) is 43.1 Å². The first-order chi connectivity index (χ1) is 19.0. The number of imidazole rings is 1. The molecule has 2 saturated carbocycles. The van der Waals surface area contributed by atoms with Crippen LogP contribution in [0.25, 0.3) is 22.1 Å². The van der Waals surface area contributed by atoms with E-state index in [4.69, 9.17) is 17.3 Å². The molecule has 0 unspecified atom stereocenters. The number of benzene rings is 1. The molecule has 0 aliphatic heterocycles. The van der Waals surface area contributed by atoms with Crippen LogP contribution in [0.15, 0.2) is 30.7 Å². The Morgan fingerprint density at radius 2 is 1.95 bits per heavy atom.